The number of rotatable bonds is 18. The van der Waals surface area contributed by atoms with Crippen LogP contribution in [0.1, 0.15) is 19.8 Å². The van der Waals surface area contributed by atoms with Crippen molar-refractivity contribution in [2.75, 3.05) is 68.3 Å². The summed E-state index contributed by atoms with van der Waals surface area (Å²) in [6.45, 7) is 5.79. The topological polar surface area (TPSA) is 87.0 Å². The zero-order valence-electron chi connectivity index (χ0n) is 15.3. The highest BCUT2D eigenvalue weighted by molar-refractivity contribution is 14.1. The third-order valence-corrected chi connectivity index (χ3v) is 4.29. The summed E-state index contributed by atoms with van der Waals surface area (Å²) >= 11 is 4.48. The molecule has 0 aliphatic heterocycles. The van der Waals surface area contributed by atoms with Crippen LogP contribution in [0.5, 0.6) is 0 Å². The first-order chi connectivity index (χ1) is 12.7. The summed E-state index contributed by atoms with van der Waals surface area (Å²) in [6, 6.07) is 2.12. The lowest BCUT2D eigenvalue weighted by Crippen LogP contribution is -2.34. The minimum absolute atomic E-state index is 0.234. The van der Waals surface area contributed by atoms with E-state index in [1.54, 1.807) is 6.92 Å². The van der Waals surface area contributed by atoms with Crippen LogP contribution in [-0.2, 0) is 28.5 Å². The van der Waals surface area contributed by atoms with E-state index in [4.69, 9.17) is 23.7 Å². The number of esters is 1. The van der Waals surface area contributed by atoms with Gasteiger partial charge in [-0.15, -0.1) is 0 Å². The van der Waals surface area contributed by atoms with Crippen LogP contribution in [0.15, 0.2) is 0 Å². The summed E-state index contributed by atoms with van der Waals surface area (Å²) < 4.78 is 28.6. The molecule has 9 heteroatoms. The summed E-state index contributed by atoms with van der Waals surface area (Å²) in [6.07, 6.45) is 0.534. The van der Waals surface area contributed by atoms with E-state index in [0.29, 0.717) is 52.9 Å². The first-order valence-corrected chi connectivity index (χ1v) is 11.7. The normalized spacial score (nSPS) is 11.3. The van der Waals surface area contributed by atoms with E-state index < -0.39 is 11.4 Å². The van der Waals surface area contributed by atoms with Crippen molar-refractivity contribution in [1.29, 1.82) is 5.26 Å². The molecule has 0 saturated carbocycles. The minimum atomic E-state index is -1.25. The molecule has 0 rings (SSSR count). The van der Waals surface area contributed by atoms with Gasteiger partial charge in [0.1, 0.15) is 0 Å². The maximum atomic E-state index is 12.3. The van der Waals surface area contributed by atoms with Crippen molar-refractivity contribution in [3.05, 3.63) is 0 Å². The highest BCUT2D eigenvalue weighted by Gasteiger charge is 2.39. The van der Waals surface area contributed by atoms with Gasteiger partial charge in [0.15, 0.2) is 5.41 Å². The summed E-state index contributed by atoms with van der Waals surface area (Å²) in [5, 5.41) is 9.61. The molecule has 0 aromatic heterocycles. The van der Waals surface area contributed by atoms with Gasteiger partial charge < -0.3 is 23.7 Å². The van der Waals surface area contributed by atoms with Crippen LogP contribution in [0.2, 0.25) is 0 Å². The second kappa shape index (κ2) is 18.6. The van der Waals surface area contributed by atoms with Gasteiger partial charge in [-0.3, -0.25) is 4.79 Å². The highest BCUT2D eigenvalue weighted by atomic mass is 127. The number of carbonyl (C=O) groups excluding carboxylic acids is 1. The average Bonchev–Trinajstić information content (AvgIpc) is 2.65. The molecule has 0 amide bonds. The third kappa shape index (κ3) is 12.6. The standard InChI is InChI=1S/C17H29I2NO6/c1-2-26-16(21)17(15-20,3-7-22-11-13-24-9-5-18)4-8-23-12-14-25-10-6-19/h2-14H2,1H3. The summed E-state index contributed by atoms with van der Waals surface area (Å²) in [7, 11) is 0. The molecule has 0 aliphatic carbocycles. The van der Waals surface area contributed by atoms with Gasteiger partial charge in [0.25, 0.3) is 0 Å². The van der Waals surface area contributed by atoms with Crippen LogP contribution in [0, 0.1) is 16.7 Å². The van der Waals surface area contributed by atoms with E-state index in [-0.39, 0.29) is 19.4 Å². The zero-order valence-corrected chi connectivity index (χ0v) is 19.7. The molecule has 0 bridgehead atoms. The van der Waals surface area contributed by atoms with Crippen LogP contribution in [0.25, 0.3) is 0 Å². The Kier molecular flexibility index (Phi) is 18.8. The van der Waals surface area contributed by atoms with E-state index in [1.165, 1.54) is 0 Å². The predicted molar refractivity (Wildman–Crippen MR) is 115 cm³/mol. The van der Waals surface area contributed by atoms with Gasteiger partial charge in [0.05, 0.1) is 52.3 Å². The molecule has 0 heterocycles. The van der Waals surface area contributed by atoms with Crippen LogP contribution >= 0.6 is 45.2 Å². The third-order valence-electron chi connectivity index (χ3n) is 3.41. The molecule has 0 aromatic rings. The van der Waals surface area contributed by atoms with Crippen molar-refractivity contribution in [2.24, 2.45) is 5.41 Å². The summed E-state index contributed by atoms with van der Waals surface area (Å²) in [4.78, 5) is 12.3. The molecular weight excluding hydrogens is 568 g/mol. The van der Waals surface area contributed by atoms with Crippen LogP contribution < -0.4 is 0 Å². The Morgan fingerprint density at radius 1 is 0.846 bits per heavy atom. The quantitative estimate of drug-likeness (QED) is 0.104. The zero-order chi connectivity index (χ0) is 19.5. The van der Waals surface area contributed by atoms with E-state index in [0.717, 1.165) is 8.86 Å². The number of hydrogen-bond donors (Lipinski definition) is 0. The average molecular weight is 597 g/mol. The fraction of sp³-hybridized carbons (Fsp3) is 0.882. The molecule has 0 aliphatic rings. The van der Waals surface area contributed by atoms with Crippen molar-refractivity contribution < 1.29 is 28.5 Å². The summed E-state index contributed by atoms with van der Waals surface area (Å²) in [5.41, 5.74) is -1.25. The molecule has 152 valence electrons. The monoisotopic (exact) mass is 597 g/mol. The van der Waals surface area contributed by atoms with Gasteiger partial charge in [0, 0.05) is 34.9 Å². The van der Waals surface area contributed by atoms with Crippen molar-refractivity contribution in [3.8, 4) is 6.07 Å². The Bertz CT molecular complexity index is 374. The number of hydrogen-bond acceptors (Lipinski definition) is 7. The molecule has 0 atom stereocenters. The van der Waals surface area contributed by atoms with Gasteiger partial charge in [-0.05, 0) is 6.92 Å². The molecular formula is C17H29I2NO6. The van der Waals surface area contributed by atoms with Crippen molar-refractivity contribution in [1.82, 2.24) is 0 Å². The molecule has 0 radical (unpaired) electrons. The molecule has 0 saturated heterocycles. The first kappa shape index (κ1) is 26.3. The van der Waals surface area contributed by atoms with Gasteiger partial charge in [-0.2, -0.15) is 5.26 Å². The van der Waals surface area contributed by atoms with Crippen molar-refractivity contribution in [2.45, 2.75) is 19.8 Å². The Morgan fingerprint density at radius 2 is 1.27 bits per heavy atom. The van der Waals surface area contributed by atoms with E-state index >= 15 is 0 Å². The second-order valence-corrected chi connectivity index (χ2v) is 7.40. The Balaban J connectivity index is 4.30. The predicted octanol–water partition coefficient (Wildman–Crippen LogP) is 2.78. The van der Waals surface area contributed by atoms with E-state index in [2.05, 4.69) is 51.3 Å². The minimum Gasteiger partial charge on any atom is -0.465 e. The molecule has 0 fully saturated rings. The number of halogens is 2. The maximum Gasteiger partial charge on any atom is 0.326 e. The second-order valence-electron chi connectivity index (χ2n) is 5.24. The first-order valence-electron chi connectivity index (χ1n) is 8.68. The fourth-order valence-electron chi connectivity index (χ4n) is 2.00. The van der Waals surface area contributed by atoms with E-state index in [9.17, 15) is 10.1 Å². The van der Waals surface area contributed by atoms with Crippen molar-refractivity contribution in [3.63, 3.8) is 0 Å². The molecule has 26 heavy (non-hydrogen) atoms. The fourth-order valence-corrected chi connectivity index (χ4v) is 2.62. The Hall–Kier alpha value is 0.260. The highest BCUT2D eigenvalue weighted by Crippen LogP contribution is 2.28. The van der Waals surface area contributed by atoms with Gasteiger partial charge >= 0.3 is 5.97 Å². The molecule has 0 unspecified atom stereocenters. The van der Waals surface area contributed by atoms with Gasteiger partial charge in [-0.25, -0.2) is 0 Å². The van der Waals surface area contributed by atoms with Gasteiger partial charge in [-0.1, -0.05) is 45.2 Å². The Morgan fingerprint density at radius 3 is 1.62 bits per heavy atom. The SMILES string of the molecule is CCOC(=O)C(C#N)(CCOCCOCCI)CCOCCOCCI. The maximum absolute atomic E-state index is 12.3. The summed E-state index contributed by atoms with van der Waals surface area (Å²) in [5.74, 6) is -0.517. The number of nitrogens with zero attached hydrogens (tertiary/aromatic N) is 1. The van der Waals surface area contributed by atoms with Crippen LogP contribution in [0.4, 0.5) is 0 Å². The van der Waals surface area contributed by atoms with Crippen molar-refractivity contribution >= 4 is 51.2 Å². The van der Waals surface area contributed by atoms with Crippen LogP contribution in [-0.4, -0.2) is 74.3 Å². The van der Waals surface area contributed by atoms with E-state index in [1.807, 2.05) is 0 Å². The number of carbonyl (C=O) groups is 1. The molecule has 0 aromatic carbocycles. The van der Waals surface area contributed by atoms with Crippen LogP contribution in [0.3, 0.4) is 0 Å². The number of ether oxygens (including phenoxy) is 5. The molecule has 0 spiro atoms. The number of nitriles is 1. The lowest BCUT2D eigenvalue weighted by molar-refractivity contribution is -0.154. The largest absolute Gasteiger partial charge is 0.465 e. The number of alkyl halides is 2. The molecule has 0 N–H and O–H groups in total. The molecule has 7 nitrogen and oxygen atoms in total. The lowest BCUT2D eigenvalue weighted by Gasteiger charge is -2.24. The lowest BCUT2D eigenvalue weighted by atomic mass is 9.83. The smallest absolute Gasteiger partial charge is 0.326 e. The van der Waals surface area contributed by atoms with Gasteiger partial charge in [0.2, 0.25) is 0 Å². The Labute approximate surface area is 183 Å².